The van der Waals surface area contributed by atoms with E-state index in [0.717, 1.165) is 9.13 Å². The Morgan fingerprint density at radius 2 is 1.00 bits per heavy atom. The molecule has 8 nitrogen and oxygen atoms in total. The molecule has 4 heterocycles. The van der Waals surface area contributed by atoms with Crippen molar-refractivity contribution in [3.05, 3.63) is 53.5 Å². The molecule has 0 saturated carbocycles. The summed E-state index contributed by atoms with van der Waals surface area (Å²) in [7, 11) is 0. The van der Waals surface area contributed by atoms with E-state index in [1.54, 1.807) is 0 Å². The fraction of sp³-hybridized carbons (Fsp3) is 0.375. The molecular weight excluding hydrogens is 316 g/mol. The summed E-state index contributed by atoms with van der Waals surface area (Å²) in [6.45, 7) is 1.45. The quantitative estimate of drug-likeness (QED) is 0.552. The Morgan fingerprint density at radius 1 is 0.708 bits per heavy atom. The van der Waals surface area contributed by atoms with Gasteiger partial charge in [0.05, 0.1) is 60.1 Å². The van der Waals surface area contributed by atoms with Gasteiger partial charge < -0.3 is 9.47 Å². The van der Waals surface area contributed by atoms with E-state index in [-0.39, 0.29) is 46.8 Å². The minimum absolute atomic E-state index is 0.114. The van der Waals surface area contributed by atoms with Crippen LogP contribution in [0, 0.1) is 0 Å². The molecule has 2 fully saturated rings. The number of nitrogens with zero attached hydrogens (tertiary/aromatic N) is 2. The lowest BCUT2D eigenvalue weighted by atomic mass is 10.1. The number of hydrogen-bond acceptors (Lipinski definition) is 6. The third-order valence-electron chi connectivity index (χ3n) is 4.64. The lowest BCUT2D eigenvalue weighted by Gasteiger charge is -1.93. The third kappa shape index (κ3) is 1.87. The van der Waals surface area contributed by atoms with Gasteiger partial charge in [-0.05, 0) is 12.1 Å². The van der Waals surface area contributed by atoms with Crippen molar-refractivity contribution in [2.24, 2.45) is 0 Å². The molecule has 8 heteroatoms. The fourth-order valence-corrected chi connectivity index (χ4v) is 3.16. The summed E-state index contributed by atoms with van der Waals surface area (Å²) in [5.41, 5.74) is -1.79. The zero-order valence-electron chi connectivity index (χ0n) is 12.5. The predicted octanol–water partition coefficient (Wildman–Crippen LogP) is -1.29. The Morgan fingerprint density at radius 3 is 1.25 bits per heavy atom. The molecule has 5 rings (SSSR count). The molecule has 2 aliphatic rings. The van der Waals surface area contributed by atoms with E-state index in [2.05, 4.69) is 0 Å². The highest BCUT2D eigenvalue weighted by Gasteiger charge is 2.28. The first-order valence-corrected chi connectivity index (χ1v) is 7.68. The molecule has 0 bridgehead atoms. The minimum atomic E-state index is -0.447. The molecule has 2 atom stereocenters. The highest BCUT2D eigenvalue weighted by molar-refractivity contribution is 5.97. The van der Waals surface area contributed by atoms with Crippen LogP contribution in [0.1, 0.15) is 0 Å². The second kappa shape index (κ2) is 4.49. The molecule has 2 aromatic heterocycles. The summed E-state index contributed by atoms with van der Waals surface area (Å²) in [4.78, 5) is 49.8. The summed E-state index contributed by atoms with van der Waals surface area (Å²) < 4.78 is 12.4. The molecule has 0 amide bonds. The zero-order chi connectivity index (χ0) is 16.6. The fourth-order valence-electron chi connectivity index (χ4n) is 3.16. The van der Waals surface area contributed by atoms with E-state index < -0.39 is 22.2 Å². The summed E-state index contributed by atoms with van der Waals surface area (Å²) in [5.74, 6) is 0. The Hall–Kier alpha value is -2.58. The lowest BCUT2D eigenvalue weighted by molar-refractivity contribution is 0.379. The largest absolute Gasteiger partial charge is 0.371 e. The number of aromatic nitrogens is 2. The van der Waals surface area contributed by atoms with Gasteiger partial charge in [-0.15, -0.1) is 0 Å². The van der Waals surface area contributed by atoms with Crippen LogP contribution in [-0.4, -0.2) is 34.6 Å². The third-order valence-corrected chi connectivity index (χ3v) is 4.64. The van der Waals surface area contributed by atoms with Gasteiger partial charge in [0, 0.05) is 0 Å². The van der Waals surface area contributed by atoms with Crippen molar-refractivity contribution in [2.45, 2.75) is 25.3 Å². The van der Waals surface area contributed by atoms with E-state index in [1.165, 1.54) is 12.1 Å². The van der Waals surface area contributed by atoms with E-state index >= 15 is 0 Å². The predicted molar refractivity (Wildman–Crippen MR) is 84.4 cm³/mol. The highest BCUT2D eigenvalue weighted by Crippen LogP contribution is 2.17. The van der Waals surface area contributed by atoms with Crippen molar-refractivity contribution >= 4 is 21.5 Å². The van der Waals surface area contributed by atoms with Crippen LogP contribution in [0.25, 0.3) is 21.5 Å². The molecular formula is C16H12N2O6. The van der Waals surface area contributed by atoms with Crippen molar-refractivity contribution in [1.82, 2.24) is 9.13 Å². The first-order chi connectivity index (χ1) is 11.5. The Labute approximate surface area is 133 Å². The number of epoxide rings is 2. The van der Waals surface area contributed by atoms with Gasteiger partial charge in [-0.25, -0.2) is 0 Å². The SMILES string of the molecule is O=c1c2cc3c(=O)n(C[C@H]4CO4)c(=O)c3cc2c(=O)n1C[C@H]1CO1. The Bertz CT molecular complexity index is 1030. The van der Waals surface area contributed by atoms with Crippen LogP contribution in [0.3, 0.4) is 0 Å². The molecule has 122 valence electrons. The number of rotatable bonds is 4. The van der Waals surface area contributed by atoms with Gasteiger partial charge in [-0.3, -0.25) is 28.3 Å². The molecule has 0 radical (unpaired) electrons. The van der Waals surface area contributed by atoms with E-state index in [9.17, 15) is 19.2 Å². The molecule has 2 aliphatic heterocycles. The minimum Gasteiger partial charge on any atom is -0.371 e. The summed E-state index contributed by atoms with van der Waals surface area (Å²) in [5, 5.41) is 0.685. The Kier molecular flexibility index (Phi) is 2.59. The highest BCUT2D eigenvalue weighted by atomic mass is 16.6. The molecule has 0 spiro atoms. The molecule has 2 saturated heterocycles. The van der Waals surface area contributed by atoms with Crippen molar-refractivity contribution in [3.63, 3.8) is 0 Å². The average molecular weight is 328 g/mol. The van der Waals surface area contributed by atoms with Gasteiger partial charge in [0.25, 0.3) is 22.2 Å². The molecule has 0 unspecified atom stereocenters. The van der Waals surface area contributed by atoms with Crippen LogP contribution in [0.5, 0.6) is 0 Å². The van der Waals surface area contributed by atoms with Crippen LogP contribution >= 0.6 is 0 Å². The number of fused-ring (bicyclic) bond motifs is 2. The van der Waals surface area contributed by atoms with Gasteiger partial charge in [-0.1, -0.05) is 0 Å². The second-order valence-corrected chi connectivity index (χ2v) is 6.30. The van der Waals surface area contributed by atoms with Gasteiger partial charge in [0.1, 0.15) is 0 Å². The molecule has 0 aliphatic carbocycles. The van der Waals surface area contributed by atoms with Crippen LogP contribution in [-0.2, 0) is 22.6 Å². The summed E-state index contributed by atoms with van der Waals surface area (Å²) in [6, 6.07) is 2.74. The number of hydrogen-bond donors (Lipinski definition) is 0. The number of ether oxygens (including phenoxy) is 2. The van der Waals surface area contributed by atoms with Gasteiger partial charge in [0.15, 0.2) is 0 Å². The first kappa shape index (κ1) is 13.8. The first-order valence-electron chi connectivity index (χ1n) is 7.68. The van der Waals surface area contributed by atoms with Crippen LogP contribution in [0.4, 0.5) is 0 Å². The van der Waals surface area contributed by atoms with Crippen molar-refractivity contribution in [3.8, 4) is 0 Å². The van der Waals surface area contributed by atoms with Crippen LogP contribution in [0.15, 0.2) is 31.3 Å². The van der Waals surface area contributed by atoms with E-state index in [0.29, 0.717) is 13.2 Å². The van der Waals surface area contributed by atoms with Crippen molar-refractivity contribution in [1.29, 1.82) is 0 Å². The maximum absolute atomic E-state index is 12.4. The molecule has 0 N–H and O–H groups in total. The van der Waals surface area contributed by atoms with Gasteiger partial charge in [-0.2, -0.15) is 0 Å². The summed E-state index contributed by atoms with van der Waals surface area (Å²) in [6.07, 6.45) is -0.229. The lowest BCUT2D eigenvalue weighted by Crippen LogP contribution is -2.28. The maximum atomic E-state index is 12.4. The molecule has 24 heavy (non-hydrogen) atoms. The smallest absolute Gasteiger partial charge is 0.261 e. The summed E-state index contributed by atoms with van der Waals surface area (Å²) >= 11 is 0. The molecule has 1 aromatic carbocycles. The monoisotopic (exact) mass is 328 g/mol. The van der Waals surface area contributed by atoms with E-state index in [1.807, 2.05) is 0 Å². The molecule has 3 aromatic rings. The van der Waals surface area contributed by atoms with Crippen molar-refractivity contribution in [2.75, 3.05) is 13.2 Å². The maximum Gasteiger partial charge on any atom is 0.261 e. The normalized spacial score (nSPS) is 22.5. The van der Waals surface area contributed by atoms with Crippen LogP contribution < -0.4 is 22.2 Å². The van der Waals surface area contributed by atoms with Crippen LogP contribution in [0.2, 0.25) is 0 Å². The Balaban J connectivity index is 1.79. The van der Waals surface area contributed by atoms with E-state index in [4.69, 9.17) is 9.47 Å². The van der Waals surface area contributed by atoms with Crippen molar-refractivity contribution < 1.29 is 9.47 Å². The topological polar surface area (TPSA) is 103 Å². The standard InChI is InChI=1S/C16H12N2O6/c19-13-9-1-10-12(16(22)18(14(10)20)4-8-6-24-8)2-11(9)15(21)17(13)3-7-5-23-7/h1-2,7-8H,3-6H2/t7-,8-/m0/s1. The average Bonchev–Trinajstić information content (AvgIpc) is 3.48. The number of benzene rings is 1. The van der Waals surface area contributed by atoms with Gasteiger partial charge >= 0.3 is 0 Å². The van der Waals surface area contributed by atoms with Gasteiger partial charge in [0.2, 0.25) is 0 Å². The zero-order valence-corrected chi connectivity index (χ0v) is 12.5. The second-order valence-electron chi connectivity index (χ2n) is 6.30.